The maximum absolute atomic E-state index is 3.77. The van der Waals surface area contributed by atoms with Crippen molar-refractivity contribution in [3.63, 3.8) is 0 Å². The third-order valence-corrected chi connectivity index (χ3v) is 5.08. The molecule has 2 nitrogen and oxygen atoms in total. The molecular weight excluding hydrogens is 220 g/mol. The van der Waals surface area contributed by atoms with Crippen molar-refractivity contribution in [3.05, 3.63) is 0 Å². The molecule has 0 bridgehead atoms. The topological polar surface area (TPSA) is 15.3 Å². The van der Waals surface area contributed by atoms with Crippen LogP contribution in [0.1, 0.15) is 59.3 Å². The molecule has 1 heterocycles. The minimum Gasteiger partial charge on any atom is -0.312 e. The van der Waals surface area contributed by atoms with Crippen molar-refractivity contribution in [2.75, 3.05) is 19.6 Å². The molecule has 106 valence electrons. The average Bonchev–Trinajstić information content (AvgIpc) is 3.21. The monoisotopic (exact) mass is 252 g/mol. The van der Waals surface area contributed by atoms with Crippen LogP contribution in [0.3, 0.4) is 0 Å². The predicted molar refractivity (Wildman–Crippen MR) is 78.9 cm³/mol. The number of hydrogen-bond acceptors (Lipinski definition) is 2. The zero-order valence-electron chi connectivity index (χ0n) is 12.6. The lowest BCUT2D eigenvalue weighted by Gasteiger charge is -2.34. The summed E-state index contributed by atoms with van der Waals surface area (Å²) in [5, 5.41) is 3.77. The van der Waals surface area contributed by atoms with Gasteiger partial charge in [-0.15, -0.1) is 0 Å². The normalized spacial score (nSPS) is 29.8. The maximum Gasteiger partial charge on any atom is 0.0220 e. The second kappa shape index (κ2) is 6.91. The molecule has 3 atom stereocenters. The predicted octanol–water partition coefficient (Wildman–Crippen LogP) is 3.28. The van der Waals surface area contributed by atoms with Gasteiger partial charge in [-0.05, 0) is 44.2 Å². The van der Waals surface area contributed by atoms with Gasteiger partial charge in [0, 0.05) is 18.6 Å². The number of nitrogens with one attached hydrogen (secondary N) is 1. The Morgan fingerprint density at radius 1 is 1.22 bits per heavy atom. The van der Waals surface area contributed by atoms with Crippen LogP contribution in [0, 0.1) is 11.8 Å². The van der Waals surface area contributed by atoms with E-state index in [0.29, 0.717) is 6.04 Å². The molecule has 1 saturated heterocycles. The van der Waals surface area contributed by atoms with Gasteiger partial charge in [-0.2, -0.15) is 0 Å². The highest BCUT2D eigenvalue weighted by Crippen LogP contribution is 2.35. The number of nitrogens with zero attached hydrogens (tertiary/aromatic N) is 1. The molecule has 0 amide bonds. The van der Waals surface area contributed by atoms with Crippen LogP contribution in [-0.2, 0) is 0 Å². The maximum atomic E-state index is 3.77. The van der Waals surface area contributed by atoms with Crippen LogP contribution >= 0.6 is 0 Å². The smallest absolute Gasteiger partial charge is 0.0220 e. The van der Waals surface area contributed by atoms with E-state index in [4.69, 9.17) is 0 Å². The third-order valence-electron chi connectivity index (χ3n) is 5.08. The van der Waals surface area contributed by atoms with E-state index >= 15 is 0 Å². The van der Waals surface area contributed by atoms with Gasteiger partial charge in [-0.25, -0.2) is 0 Å². The molecule has 2 heteroatoms. The first kappa shape index (κ1) is 14.3. The molecule has 1 aliphatic carbocycles. The van der Waals surface area contributed by atoms with E-state index in [1.165, 1.54) is 58.2 Å². The van der Waals surface area contributed by atoms with Crippen molar-refractivity contribution in [2.24, 2.45) is 11.8 Å². The molecule has 2 fully saturated rings. The second-order valence-corrected chi connectivity index (χ2v) is 6.54. The fraction of sp³-hybridized carbons (Fsp3) is 1.00. The zero-order chi connectivity index (χ0) is 13.0. The number of rotatable bonds is 6. The standard InChI is InChI=1S/C16H32N2/c1-4-13(3)16-12-18(10-6-9-17-16)15(5-2)11-14-7-8-14/h13-17H,4-12H2,1-3H3. The van der Waals surface area contributed by atoms with Crippen molar-refractivity contribution in [3.8, 4) is 0 Å². The summed E-state index contributed by atoms with van der Waals surface area (Å²) in [6.45, 7) is 10.9. The minimum absolute atomic E-state index is 0.714. The summed E-state index contributed by atoms with van der Waals surface area (Å²) in [7, 11) is 0. The van der Waals surface area contributed by atoms with E-state index in [0.717, 1.165) is 17.9 Å². The number of hydrogen-bond donors (Lipinski definition) is 1. The first-order chi connectivity index (χ1) is 8.74. The van der Waals surface area contributed by atoms with E-state index in [-0.39, 0.29) is 0 Å². The van der Waals surface area contributed by atoms with Gasteiger partial charge >= 0.3 is 0 Å². The van der Waals surface area contributed by atoms with E-state index in [1.807, 2.05) is 0 Å². The van der Waals surface area contributed by atoms with Gasteiger partial charge in [-0.3, -0.25) is 4.90 Å². The highest BCUT2D eigenvalue weighted by Gasteiger charge is 2.30. The fourth-order valence-corrected chi connectivity index (χ4v) is 3.29. The highest BCUT2D eigenvalue weighted by atomic mass is 15.2. The van der Waals surface area contributed by atoms with E-state index in [1.54, 1.807) is 0 Å². The molecule has 1 aliphatic heterocycles. The molecule has 0 aromatic carbocycles. The second-order valence-electron chi connectivity index (χ2n) is 6.54. The van der Waals surface area contributed by atoms with Gasteiger partial charge in [0.1, 0.15) is 0 Å². The summed E-state index contributed by atoms with van der Waals surface area (Å²) in [4.78, 5) is 2.80. The summed E-state index contributed by atoms with van der Waals surface area (Å²) in [6, 6.07) is 1.56. The van der Waals surface area contributed by atoms with Gasteiger partial charge < -0.3 is 5.32 Å². The van der Waals surface area contributed by atoms with Gasteiger partial charge in [0.05, 0.1) is 0 Å². The first-order valence-corrected chi connectivity index (χ1v) is 8.22. The average molecular weight is 252 g/mol. The molecule has 0 aromatic heterocycles. The Balaban J connectivity index is 1.91. The summed E-state index contributed by atoms with van der Waals surface area (Å²) >= 11 is 0. The summed E-state index contributed by atoms with van der Waals surface area (Å²) in [6.07, 6.45) is 8.42. The molecule has 0 aromatic rings. The van der Waals surface area contributed by atoms with Crippen molar-refractivity contribution < 1.29 is 0 Å². The molecule has 1 saturated carbocycles. The van der Waals surface area contributed by atoms with E-state index in [9.17, 15) is 0 Å². The molecule has 0 radical (unpaired) electrons. The first-order valence-electron chi connectivity index (χ1n) is 8.22. The molecule has 2 aliphatic rings. The van der Waals surface area contributed by atoms with Crippen LogP contribution in [0.15, 0.2) is 0 Å². The highest BCUT2D eigenvalue weighted by molar-refractivity contribution is 4.86. The van der Waals surface area contributed by atoms with Crippen molar-refractivity contribution in [1.82, 2.24) is 10.2 Å². The van der Waals surface area contributed by atoms with Crippen molar-refractivity contribution >= 4 is 0 Å². The molecule has 1 N–H and O–H groups in total. The van der Waals surface area contributed by atoms with Crippen LogP contribution in [0.4, 0.5) is 0 Å². The molecule has 3 unspecified atom stereocenters. The van der Waals surface area contributed by atoms with Crippen LogP contribution in [-0.4, -0.2) is 36.6 Å². The van der Waals surface area contributed by atoms with Crippen LogP contribution < -0.4 is 5.32 Å². The molecular formula is C16H32N2. The van der Waals surface area contributed by atoms with Gasteiger partial charge in [0.25, 0.3) is 0 Å². The Kier molecular flexibility index (Phi) is 5.50. The van der Waals surface area contributed by atoms with E-state index < -0.39 is 0 Å². The van der Waals surface area contributed by atoms with Gasteiger partial charge in [0.15, 0.2) is 0 Å². The van der Waals surface area contributed by atoms with Gasteiger partial charge in [0.2, 0.25) is 0 Å². The summed E-state index contributed by atoms with van der Waals surface area (Å²) in [5.74, 6) is 1.87. The lowest BCUT2D eigenvalue weighted by Crippen LogP contribution is -2.45. The minimum atomic E-state index is 0.714. The summed E-state index contributed by atoms with van der Waals surface area (Å²) < 4.78 is 0. The van der Waals surface area contributed by atoms with Crippen LogP contribution in [0.2, 0.25) is 0 Å². The van der Waals surface area contributed by atoms with Crippen molar-refractivity contribution in [1.29, 1.82) is 0 Å². The SMILES string of the molecule is CCC(C)C1CN(C(CC)CC2CC2)CCCN1. The third kappa shape index (κ3) is 3.96. The lowest BCUT2D eigenvalue weighted by atomic mass is 9.97. The van der Waals surface area contributed by atoms with Crippen LogP contribution in [0.25, 0.3) is 0 Å². The Hall–Kier alpha value is -0.0800. The fourth-order valence-electron chi connectivity index (χ4n) is 3.29. The van der Waals surface area contributed by atoms with Gasteiger partial charge in [-0.1, -0.05) is 40.0 Å². The Labute approximate surface area is 114 Å². The quantitative estimate of drug-likeness (QED) is 0.780. The largest absolute Gasteiger partial charge is 0.312 e. The zero-order valence-corrected chi connectivity index (χ0v) is 12.6. The summed E-state index contributed by atoms with van der Waals surface area (Å²) in [5.41, 5.74) is 0. The van der Waals surface area contributed by atoms with Crippen molar-refractivity contribution in [2.45, 2.75) is 71.4 Å². The Morgan fingerprint density at radius 2 is 2.00 bits per heavy atom. The van der Waals surface area contributed by atoms with Crippen LogP contribution in [0.5, 0.6) is 0 Å². The Morgan fingerprint density at radius 3 is 2.61 bits per heavy atom. The Bertz CT molecular complexity index is 237. The molecule has 18 heavy (non-hydrogen) atoms. The van der Waals surface area contributed by atoms with E-state index in [2.05, 4.69) is 31.0 Å². The lowest BCUT2D eigenvalue weighted by molar-refractivity contribution is 0.159. The molecule has 0 spiro atoms. The molecule has 2 rings (SSSR count).